The number of nitrogens with two attached hydrogens (primary N) is 1. The lowest BCUT2D eigenvalue weighted by Gasteiger charge is -2.08. The lowest BCUT2D eigenvalue weighted by atomic mass is 10.1. The maximum atomic E-state index is 12.5. The number of anilines is 2. The average Bonchev–Trinajstić information content (AvgIpc) is 3.27. The van der Waals surface area contributed by atoms with Gasteiger partial charge < -0.3 is 15.8 Å². The minimum atomic E-state index is -0.183. The molecule has 0 spiro atoms. The second-order valence-electron chi connectivity index (χ2n) is 5.54. The van der Waals surface area contributed by atoms with E-state index in [2.05, 4.69) is 15.4 Å². The molecule has 0 aliphatic carbocycles. The van der Waals surface area contributed by atoms with Gasteiger partial charge in [-0.15, -0.1) is 16.4 Å². The summed E-state index contributed by atoms with van der Waals surface area (Å²) in [6.45, 7) is 0. The number of carbonyl (C=O) groups is 1. The largest absolute Gasteiger partial charge is 0.495 e. The van der Waals surface area contributed by atoms with Crippen molar-refractivity contribution in [1.82, 2.24) is 14.6 Å². The van der Waals surface area contributed by atoms with Crippen molar-refractivity contribution in [3.8, 4) is 16.9 Å². The standard InChI is InChI=1S/C18H15N5O2S/c1-25-14-5-3-2-4-13(14)20-17(24)15-8-12(10-26-15)11-6-7-16-21-18(19)22-23(16)9-11/h2-10H,1H3,(H2,19,22)(H,20,24). The van der Waals surface area contributed by atoms with E-state index in [1.54, 1.807) is 23.8 Å². The fraction of sp³-hybridized carbons (Fsp3) is 0.0556. The van der Waals surface area contributed by atoms with Crippen molar-refractivity contribution in [1.29, 1.82) is 0 Å². The Balaban J connectivity index is 1.59. The molecule has 130 valence electrons. The quantitative estimate of drug-likeness (QED) is 0.579. The predicted molar refractivity (Wildman–Crippen MR) is 102 cm³/mol. The number of nitrogen functional groups attached to an aromatic ring is 1. The number of pyridine rings is 1. The number of carbonyl (C=O) groups excluding carboxylic acids is 1. The molecule has 3 heterocycles. The first-order valence-electron chi connectivity index (χ1n) is 7.79. The van der Waals surface area contributed by atoms with Gasteiger partial charge in [0.1, 0.15) is 5.75 Å². The molecule has 0 aliphatic rings. The third-order valence-corrected chi connectivity index (χ3v) is 4.79. The first-order chi connectivity index (χ1) is 12.6. The Hall–Kier alpha value is -3.39. The van der Waals surface area contributed by atoms with E-state index in [1.807, 2.05) is 41.9 Å². The number of hydrogen-bond donors (Lipinski definition) is 2. The number of amides is 1. The summed E-state index contributed by atoms with van der Waals surface area (Å²) in [5.74, 6) is 0.660. The van der Waals surface area contributed by atoms with Gasteiger partial charge in [0.25, 0.3) is 5.91 Å². The average molecular weight is 365 g/mol. The van der Waals surface area contributed by atoms with Crippen LogP contribution >= 0.6 is 11.3 Å². The van der Waals surface area contributed by atoms with Crippen molar-refractivity contribution in [2.45, 2.75) is 0 Å². The highest BCUT2D eigenvalue weighted by molar-refractivity contribution is 7.12. The number of ether oxygens (including phenoxy) is 1. The summed E-state index contributed by atoms with van der Waals surface area (Å²) in [7, 11) is 1.57. The molecule has 0 atom stereocenters. The molecule has 0 fully saturated rings. The van der Waals surface area contributed by atoms with Crippen LogP contribution in [-0.2, 0) is 0 Å². The molecule has 0 saturated carbocycles. The van der Waals surface area contributed by atoms with Crippen molar-refractivity contribution < 1.29 is 9.53 Å². The van der Waals surface area contributed by atoms with Crippen LogP contribution in [0.1, 0.15) is 9.67 Å². The Morgan fingerprint density at radius 1 is 1.23 bits per heavy atom. The molecule has 0 saturated heterocycles. The molecule has 0 bridgehead atoms. The van der Waals surface area contributed by atoms with E-state index in [0.717, 1.165) is 11.1 Å². The van der Waals surface area contributed by atoms with Crippen LogP contribution in [0.3, 0.4) is 0 Å². The van der Waals surface area contributed by atoms with E-state index in [1.165, 1.54) is 11.3 Å². The third-order valence-electron chi connectivity index (χ3n) is 3.86. The molecule has 1 amide bonds. The van der Waals surface area contributed by atoms with E-state index in [0.29, 0.717) is 22.0 Å². The summed E-state index contributed by atoms with van der Waals surface area (Å²) in [5.41, 5.74) is 8.78. The van der Waals surface area contributed by atoms with Gasteiger partial charge in [-0.1, -0.05) is 12.1 Å². The summed E-state index contributed by atoms with van der Waals surface area (Å²) < 4.78 is 6.88. The van der Waals surface area contributed by atoms with Gasteiger partial charge in [-0.05, 0) is 41.3 Å². The lowest BCUT2D eigenvalue weighted by molar-refractivity contribution is 0.103. The first-order valence-corrected chi connectivity index (χ1v) is 8.67. The minimum Gasteiger partial charge on any atom is -0.495 e. The molecule has 4 rings (SSSR count). The zero-order valence-electron chi connectivity index (χ0n) is 13.8. The highest BCUT2D eigenvalue weighted by atomic mass is 32.1. The number of rotatable bonds is 4. The van der Waals surface area contributed by atoms with Gasteiger partial charge in [-0.3, -0.25) is 4.79 Å². The predicted octanol–water partition coefficient (Wildman–Crippen LogP) is 3.30. The van der Waals surface area contributed by atoms with Gasteiger partial charge in [0.2, 0.25) is 5.95 Å². The monoisotopic (exact) mass is 365 g/mol. The number of aromatic nitrogens is 3. The Morgan fingerprint density at radius 2 is 2.08 bits per heavy atom. The number of nitrogens with one attached hydrogen (secondary N) is 1. The van der Waals surface area contributed by atoms with E-state index in [-0.39, 0.29) is 11.9 Å². The zero-order chi connectivity index (χ0) is 18.1. The highest BCUT2D eigenvalue weighted by Gasteiger charge is 2.13. The van der Waals surface area contributed by atoms with Crippen molar-refractivity contribution in [3.63, 3.8) is 0 Å². The van der Waals surface area contributed by atoms with Gasteiger partial charge in [-0.2, -0.15) is 4.98 Å². The van der Waals surface area contributed by atoms with Crippen LogP contribution in [0, 0.1) is 0 Å². The second-order valence-corrected chi connectivity index (χ2v) is 6.46. The summed E-state index contributed by atoms with van der Waals surface area (Å²) in [4.78, 5) is 17.2. The molecular weight excluding hydrogens is 350 g/mol. The van der Waals surface area contributed by atoms with Crippen LogP contribution in [0.4, 0.5) is 11.6 Å². The van der Waals surface area contributed by atoms with Gasteiger partial charge in [-0.25, -0.2) is 4.52 Å². The molecular formula is C18H15N5O2S. The SMILES string of the molecule is COc1ccccc1NC(=O)c1cc(-c2ccc3nc(N)nn3c2)cs1. The Bertz CT molecular complexity index is 1100. The zero-order valence-corrected chi connectivity index (χ0v) is 14.7. The normalized spacial score (nSPS) is 10.8. The van der Waals surface area contributed by atoms with Crippen LogP contribution in [0.15, 0.2) is 54.0 Å². The molecule has 0 unspecified atom stereocenters. The smallest absolute Gasteiger partial charge is 0.265 e. The highest BCUT2D eigenvalue weighted by Crippen LogP contribution is 2.28. The minimum absolute atomic E-state index is 0.183. The molecule has 3 N–H and O–H groups in total. The fourth-order valence-electron chi connectivity index (χ4n) is 2.61. The maximum absolute atomic E-state index is 12.5. The second kappa shape index (κ2) is 6.49. The molecule has 4 aromatic rings. The fourth-order valence-corrected chi connectivity index (χ4v) is 3.42. The van der Waals surface area contributed by atoms with Crippen molar-refractivity contribution in [3.05, 3.63) is 58.9 Å². The molecule has 7 nitrogen and oxygen atoms in total. The molecule has 1 aromatic carbocycles. The van der Waals surface area contributed by atoms with Crippen LogP contribution in [-0.4, -0.2) is 27.6 Å². The number of thiophene rings is 1. The number of methoxy groups -OCH3 is 1. The Labute approximate surface area is 153 Å². The van der Waals surface area contributed by atoms with Crippen LogP contribution in [0.2, 0.25) is 0 Å². The van der Waals surface area contributed by atoms with Gasteiger partial charge in [0, 0.05) is 11.8 Å². The van der Waals surface area contributed by atoms with E-state index < -0.39 is 0 Å². The number of hydrogen-bond acceptors (Lipinski definition) is 6. The van der Waals surface area contributed by atoms with E-state index in [9.17, 15) is 4.79 Å². The molecule has 26 heavy (non-hydrogen) atoms. The van der Waals surface area contributed by atoms with Gasteiger partial charge in [0.05, 0.1) is 17.7 Å². The van der Waals surface area contributed by atoms with Crippen LogP contribution in [0.5, 0.6) is 5.75 Å². The lowest BCUT2D eigenvalue weighted by Crippen LogP contribution is -2.10. The van der Waals surface area contributed by atoms with Gasteiger partial charge in [0.15, 0.2) is 5.65 Å². The maximum Gasteiger partial charge on any atom is 0.265 e. The summed E-state index contributed by atoms with van der Waals surface area (Å²) in [6.07, 6.45) is 1.84. The van der Waals surface area contributed by atoms with E-state index >= 15 is 0 Å². The molecule has 0 radical (unpaired) electrons. The Morgan fingerprint density at radius 3 is 2.92 bits per heavy atom. The van der Waals surface area contributed by atoms with Crippen molar-refractivity contribution in [2.24, 2.45) is 0 Å². The summed E-state index contributed by atoms with van der Waals surface area (Å²) in [5, 5.41) is 8.92. The van der Waals surface area contributed by atoms with E-state index in [4.69, 9.17) is 10.5 Å². The van der Waals surface area contributed by atoms with Crippen LogP contribution < -0.4 is 15.8 Å². The summed E-state index contributed by atoms with van der Waals surface area (Å²) in [6, 6.07) is 12.9. The number of fused-ring (bicyclic) bond motifs is 1. The topological polar surface area (TPSA) is 94.5 Å². The molecule has 8 heteroatoms. The van der Waals surface area contributed by atoms with Gasteiger partial charge >= 0.3 is 0 Å². The van der Waals surface area contributed by atoms with Crippen LogP contribution in [0.25, 0.3) is 16.8 Å². The molecule has 0 aliphatic heterocycles. The number of benzene rings is 1. The van der Waals surface area contributed by atoms with Crippen molar-refractivity contribution >= 4 is 34.5 Å². The third kappa shape index (κ3) is 2.98. The molecule has 3 aromatic heterocycles. The Kier molecular flexibility index (Phi) is 4.02. The van der Waals surface area contributed by atoms with Crippen molar-refractivity contribution in [2.75, 3.05) is 18.2 Å². The first kappa shape index (κ1) is 16.1. The number of para-hydroxylation sites is 2. The summed E-state index contributed by atoms with van der Waals surface area (Å²) >= 11 is 1.37. The number of nitrogens with zero attached hydrogens (tertiary/aromatic N) is 3.